The Morgan fingerprint density at radius 1 is 1.00 bits per heavy atom. The molecule has 8 heteroatoms. The molecule has 4 aromatic rings. The summed E-state index contributed by atoms with van der Waals surface area (Å²) in [5.74, 6) is 0.623. The quantitative estimate of drug-likeness (QED) is 0.299. The zero-order chi connectivity index (χ0) is 25.8. The minimum Gasteiger partial charge on any atom is -0.365 e. The van der Waals surface area contributed by atoms with Gasteiger partial charge >= 0.3 is 0 Å². The van der Waals surface area contributed by atoms with Crippen LogP contribution in [0.5, 0.6) is 0 Å². The van der Waals surface area contributed by atoms with E-state index in [9.17, 15) is 9.59 Å². The summed E-state index contributed by atoms with van der Waals surface area (Å²) in [7, 11) is 0. The summed E-state index contributed by atoms with van der Waals surface area (Å²) in [6.45, 7) is 2.11. The van der Waals surface area contributed by atoms with E-state index in [1.165, 1.54) is 6.92 Å². The van der Waals surface area contributed by atoms with Crippen molar-refractivity contribution in [2.75, 3.05) is 10.6 Å². The molecule has 2 heterocycles. The number of hydrogen-bond donors (Lipinski definition) is 4. The van der Waals surface area contributed by atoms with E-state index in [1.54, 1.807) is 0 Å². The van der Waals surface area contributed by atoms with Crippen LogP contribution in [0.3, 0.4) is 0 Å². The summed E-state index contributed by atoms with van der Waals surface area (Å²) in [5.41, 5.74) is 10.8. The number of benzene rings is 2. The molecule has 0 saturated heterocycles. The third kappa shape index (κ3) is 5.81. The van der Waals surface area contributed by atoms with Crippen molar-refractivity contribution in [3.63, 3.8) is 0 Å². The zero-order valence-corrected chi connectivity index (χ0v) is 20.9. The first-order valence-corrected chi connectivity index (χ1v) is 12.7. The van der Waals surface area contributed by atoms with Crippen LogP contribution in [0.25, 0.3) is 16.9 Å². The lowest BCUT2D eigenvalue weighted by Gasteiger charge is -2.26. The molecular weight excluding hydrogens is 464 g/mol. The number of nitrogens with zero attached hydrogens (tertiary/aromatic N) is 2. The normalized spacial score (nSPS) is 17.4. The molecular formula is C29H32N6O2. The maximum atomic E-state index is 13.0. The summed E-state index contributed by atoms with van der Waals surface area (Å²) in [6.07, 6.45) is 5.57. The number of aromatic nitrogens is 2. The number of rotatable bonds is 7. The van der Waals surface area contributed by atoms with Crippen molar-refractivity contribution in [2.45, 2.75) is 51.2 Å². The fraction of sp³-hybridized carbons (Fsp3) is 0.276. The van der Waals surface area contributed by atoms with Gasteiger partial charge in [-0.25, -0.2) is 4.98 Å². The molecule has 37 heavy (non-hydrogen) atoms. The molecule has 1 aliphatic rings. The number of nitrogens with one attached hydrogen (secondary N) is 3. The largest absolute Gasteiger partial charge is 0.365 e. The molecule has 8 nitrogen and oxygen atoms in total. The molecule has 2 amide bonds. The van der Waals surface area contributed by atoms with E-state index in [-0.39, 0.29) is 23.9 Å². The Kier molecular flexibility index (Phi) is 7.18. The lowest BCUT2D eigenvalue weighted by Crippen LogP contribution is -2.40. The van der Waals surface area contributed by atoms with Crippen molar-refractivity contribution in [3.8, 4) is 11.3 Å². The molecule has 0 bridgehead atoms. The monoisotopic (exact) mass is 496 g/mol. The molecule has 5 rings (SSSR count). The number of anilines is 2. The van der Waals surface area contributed by atoms with Crippen molar-refractivity contribution < 1.29 is 9.59 Å². The van der Waals surface area contributed by atoms with E-state index in [1.807, 2.05) is 65.2 Å². The van der Waals surface area contributed by atoms with Gasteiger partial charge in [-0.3, -0.25) is 14.0 Å². The Balaban J connectivity index is 1.45. The summed E-state index contributed by atoms with van der Waals surface area (Å²) >= 11 is 0. The van der Waals surface area contributed by atoms with Crippen LogP contribution >= 0.6 is 0 Å². The van der Waals surface area contributed by atoms with E-state index in [2.05, 4.69) is 28.1 Å². The molecule has 5 N–H and O–H groups in total. The fourth-order valence-corrected chi connectivity index (χ4v) is 4.78. The first-order valence-electron chi connectivity index (χ1n) is 12.7. The van der Waals surface area contributed by atoms with Crippen LogP contribution in [0.15, 0.2) is 72.9 Å². The number of hydrogen-bond acceptors (Lipinski definition) is 5. The van der Waals surface area contributed by atoms with Gasteiger partial charge < -0.3 is 21.7 Å². The predicted octanol–water partition coefficient (Wildman–Crippen LogP) is 4.57. The molecule has 0 aliphatic heterocycles. The second-order valence-corrected chi connectivity index (χ2v) is 9.64. The molecule has 0 radical (unpaired) electrons. The second kappa shape index (κ2) is 10.8. The van der Waals surface area contributed by atoms with Gasteiger partial charge in [0.1, 0.15) is 17.2 Å². The Labute approximate surface area is 216 Å². The van der Waals surface area contributed by atoms with Gasteiger partial charge in [0.25, 0.3) is 5.91 Å². The van der Waals surface area contributed by atoms with Gasteiger partial charge in [0.15, 0.2) is 0 Å². The third-order valence-electron chi connectivity index (χ3n) is 6.78. The molecule has 1 saturated carbocycles. The van der Waals surface area contributed by atoms with Crippen molar-refractivity contribution in [1.82, 2.24) is 14.7 Å². The third-order valence-corrected chi connectivity index (χ3v) is 6.78. The van der Waals surface area contributed by atoms with Crippen LogP contribution in [-0.4, -0.2) is 33.3 Å². The van der Waals surface area contributed by atoms with Gasteiger partial charge in [-0.15, -0.1) is 0 Å². The minimum absolute atomic E-state index is 0.0917. The fourth-order valence-electron chi connectivity index (χ4n) is 4.78. The number of nitrogens with two attached hydrogens (primary N) is 1. The molecule has 2 aromatic heterocycles. The number of amides is 2. The molecule has 0 unspecified atom stereocenters. The van der Waals surface area contributed by atoms with Gasteiger partial charge in [0, 0.05) is 48.6 Å². The van der Waals surface area contributed by atoms with Crippen LogP contribution in [0.2, 0.25) is 0 Å². The van der Waals surface area contributed by atoms with E-state index in [0.717, 1.165) is 54.0 Å². The molecule has 2 aromatic carbocycles. The van der Waals surface area contributed by atoms with Crippen LogP contribution in [0.4, 0.5) is 11.5 Å². The average molecular weight is 497 g/mol. The number of carbonyl (C=O) groups is 2. The second-order valence-electron chi connectivity index (χ2n) is 9.64. The van der Waals surface area contributed by atoms with Gasteiger partial charge in [-0.2, -0.15) is 0 Å². The van der Waals surface area contributed by atoms with E-state index in [0.29, 0.717) is 17.8 Å². The summed E-state index contributed by atoms with van der Waals surface area (Å²) < 4.78 is 1.97. The highest BCUT2D eigenvalue weighted by atomic mass is 16.2. The van der Waals surface area contributed by atoms with Gasteiger partial charge in [-0.1, -0.05) is 42.5 Å². The maximum Gasteiger partial charge on any atom is 0.251 e. The van der Waals surface area contributed by atoms with Crippen molar-refractivity contribution in [2.24, 2.45) is 5.73 Å². The molecule has 1 fully saturated rings. The Morgan fingerprint density at radius 3 is 2.43 bits per heavy atom. The van der Waals surface area contributed by atoms with Gasteiger partial charge in [0.2, 0.25) is 5.91 Å². The predicted molar refractivity (Wildman–Crippen MR) is 146 cm³/mol. The molecule has 1 aliphatic carbocycles. The number of carbonyl (C=O) groups excluding carboxylic acids is 2. The summed E-state index contributed by atoms with van der Waals surface area (Å²) in [6, 6.07) is 21.8. The molecule has 0 spiro atoms. The van der Waals surface area contributed by atoms with Crippen LogP contribution < -0.4 is 21.7 Å². The molecule has 190 valence electrons. The topological polar surface area (TPSA) is 114 Å². The maximum absolute atomic E-state index is 13.0. The summed E-state index contributed by atoms with van der Waals surface area (Å²) in [5, 5.41) is 9.49. The van der Waals surface area contributed by atoms with Crippen LogP contribution in [0.1, 0.15) is 48.5 Å². The smallest absolute Gasteiger partial charge is 0.251 e. The SMILES string of the molecule is CC(=O)Nc1ccc(-c2nc3cc(C(=O)NC4CCC(N)CC4)ccn3c2NCc2ccccc2)cc1. The lowest BCUT2D eigenvalue weighted by atomic mass is 9.91. The lowest BCUT2D eigenvalue weighted by molar-refractivity contribution is -0.114. The highest BCUT2D eigenvalue weighted by Gasteiger charge is 2.21. The van der Waals surface area contributed by atoms with E-state index < -0.39 is 0 Å². The average Bonchev–Trinajstić information content (AvgIpc) is 3.27. The van der Waals surface area contributed by atoms with Crippen molar-refractivity contribution >= 4 is 29.0 Å². The standard InChI is InChI=1S/C29H32N6O2/c1-19(36)32-24-11-7-21(8-12-24)27-28(31-18-20-5-3-2-4-6-20)35-16-15-22(17-26(35)34-27)29(37)33-25-13-9-23(30)10-14-25/h2-8,11-12,15-17,23,25,31H,9-10,13-14,18,30H2,1H3,(H,32,36)(H,33,37). The minimum atomic E-state index is -0.118. The van der Waals surface area contributed by atoms with E-state index >= 15 is 0 Å². The Morgan fingerprint density at radius 2 is 1.73 bits per heavy atom. The Bertz CT molecular complexity index is 1390. The summed E-state index contributed by atoms with van der Waals surface area (Å²) in [4.78, 5) is 29.3. The van der Waals surface area contributed by atoms with Crippen molar-refractivity contribution in [3.05, 3.63) is 84.1 Å². The van der Waals surface area contributed by atoms with Gasteiger partial charge in [-0.05, 0) is 55.5 Å². The first-order chi connectivity index (χ1) is 18.0. The van der Waals surface area contributed by atoms with Gasteiger partial charge in [0.05, 0.1) is 0 Å². The van der Waals surface area contributed by atoms with Crippen molar-refractivity contribution in [1.29, 1.82) is 0 Å². The Hall–Kier alpha value is -4.17. The zero-order valence-electron chi connectivity index (χ0n) is 20.9. The van der Waals surface area contributed by atoms with Crippen LogP contribution in [-0.2, 0) is 11.3 Å². The molecule has 0 atom stereocenters. The first kappa shape index (κ1) is 24.5. The van der Waals surface area contributed by atoms with E-state index in [4.69, 9.17) is 10.7 Å². The number of fused-ring (bicyclic) bond motifs is 1. The number of pyridine rings is 1. The highest BCUT2D eigenvalue weighted by molar-refractivity contribution is 5.95. The van der Waals surface area contributed by atoms with Crippen LogP contribution in [0, 0.1) is 0 Å². The highest BCUT2D eigenvalue weighted by Crippen LogP contribution is 2.30. The number of imidazole rings is 1.